The number of alkyl halides is 3. The summed E-state index contributed by atoms with van der Waals surface area (Å²) in [6.07, 6.45) is -3.44. The molecule has 0 saturated heterocycles. The lowest BCUT2D eigenvalue weighted by atomic mass is 10.2. The van der Waals surface area contributed by atoms with Crippen LogP contribution in [0.4, 0.5) is 13.2 Å². The number of halogens is 5. The van der Waals surface area contributed by atoms with E-state index in [1.54, 1.807) is 0 Å². The van der Waals surface area contributed by atoms with E-state index in [4.69, 9.17) is 11.6 Å². The van der Waals surface area contributed by atoms with Crippen LogP contribution < -0.4 is 0 Å². The van der Waals surface area contributed by atoms with Gasteiger partial charge in [0.05, 0.1) is 27.9 Å². The monoisotopic (exact) mass is 382 g/mol. The van der Waals surface area contributed by atoms with Crippen molar-refractivity contribution in [1.82, 2.24) is 9.78 Å². The molecular weight excluding hydrogens is 376 g/mol. The van der Waals surface area contributed by atoms with Crippen molar-refractivity contribution in [3.8, 4) is 5.69 Å². The molecule has 0 radical (unpaired) electrons. The molecule has 0 aliphatic rings. The van der Waals surface area contributed by atoms with Gasteiger partial charge in [0.15, 0.2) is 5.69 Å². The molecule has 4 nitrogen and oxygen atoms in total. The van der Waals surface area contributed by atoms with Gasteiger partial charge in [0, 0.05) is 6.20 Å². The average Bonchev–Trinajstić information content (AvgIpc) is 2.80. The van der Waals surface area contributed by atoms with Crippen molar-refractivity contribution in [3.63, 3.8) is 0 Å². The average molecular weight is 384 g/mol. The highest BCUT2D eigenvalue weighted by molar-refractivity contribution is 9.10. The maximum atomic E-state index is 12.7. The Kier molecular flexibility index (Phi) is 4.29. The van der Waals surface area contributed by atoms with Gasteiger partial charge >= 0.3 is 12.1 Å². The topological polar surface area (TPSA) is 44.1 Å². The van der Waals surface area contributed by atoms with Crippen molar-refractivity contribution in [2.45, 2.75) is 6.18 Å². The van der Waals surface area contributed by atoms with Gasteiger partial charge in [0.25, 0.3) is 0 Å². The summed E-state index contributed by atoms with van der Waals surface area (Å²) in [5, 5.41) is 3.59. The van der Waals surface area contributed by atoms with E-state index in [0.29, 0.717) is 0 Å². The van der Waals surface area contributed by atoms with Crippen molar-refractivity contribution in [1.29, 1.82) is 0 Å². The van der Waals surface area contributed by atoms with Crippen LogP contribution in [-0.2, 0) is 10.9 Å². The number of nitrogens with zero attached hydrogens (tertiary/aromatic N) is 2. The van der Waals surface area contributed by atoms with Crippen molar-refractivity contribution in [2.24, 2.45) is 0 Å². The normalized spacial score (nSPS) is 11.5. The molecule has 0 bridgehead atoms. The predicted molar refractivity (Wildman–Crippen MR) is 72.6 cm³/mol. The maximum Gasteiger partial charge on any atom is 0.436 e. The fourth-order valence-electron chi connectivity index (χ4n) is 1.60. The number of carbonyl (C=O) groups is 1. The molecule has 2 rings (SSSR count). The molecule has 0 spiro atoms. The van der Waals surface area contributed by atoms with Crippen LogP contribution >= 0.6 is 27.5 Å². The van der Waals surface area contributed by atoms with E-state index in [-0.39, 0.29) is 20.7 Å². The molecule has 1 heterocycles. The van der Waals surface area contributed by atoms with E-state index in [2.05, 4.69) is 25.8 Å². The molecule has 112 valence electrons. The Bertz CT molecular complexity index is 700. The Labute approximate surface area is 130 Å². The molecule has 0 aliphatic heterocycles. The van der Waals surface area contributed by atoms with Crippen LogP contribution in [0.2, 0.25) is 5.02 Å². The smallest absolute Gasteiger partial charge is 0.436 e. The van der Waals surface area contributed by atoms with Crippen LogP contribution in [0.15, 0.2) is 28.9 Å². The largest absolute Gasteiger partial charge is 0.465 e. The van der Waals surface area contributed by atoms with Crippen LogP contribution in [0.1, 0.15) is 16.1 Å². The summed E-state index contributed by atoms with van der Waals surface area (Å²) in [5.41, 5.74) is -0.773. The minimum absolute atomic E-state index is 0.0387. The SMILES string of the molecule is COC(=O)c1cc(-n2cc(Br)c(C(F)(F)F)n2)ccc1Cl. The number of methoxy groups -OCH3 is 1. The summed E-state index contributed by atoms with van der Waals surface area (Å²) in [6.45, 7) is 0. The number of rotatable bonds is 2. The second-order valence-electron chi connectivity index (χ2n) is 3.92. The molecular formula is C12H7BrClF3N2O2. The predicted octanol–water partition coefficient (Wildman–Crippen LogP) is 4.09. The van der Waals surface area contributed by atoms with Crippen LogP contribution in [0.3, 0.4) is 0 Å². The van der Waals surface area contributed by atoms with Gasteiger partial charge in [0.2, 0.25) is 0 Å². The summed E-state index contributed by atoms with van der Waals surface area (Å²) in [5.74, 6) is -0.691. The number of carbonyl (C=O) groups excluding carboxylic acids is 1. The summed E-state index contributed by atoms with van der Waals surface area (Å²) in [4.78, 5) is 11.5. The molecule has 0 atom stereocenters. The molecule has 0 N–H and O–H groups in total. The molecule has 0 fully saturated rings. The second kappa shape index (κ2) is 5.69. The van der Waals surface area contributed by atoms with E-state index in [1.165, 1.54) is 25.3 Å². The van der Waals surface area contributed by atoms with Crippen molar-refractivity contribution in [2.75, 3.05) is 7.11 Å². The zero-order valence-electron chi connectivity index (χ0n) is 10.4. The van der Waals surface area contributed by atoms with Gasteiger partial charge in [0.1, 0.15) is 0 Å². The number of hydrogen-bond acceptors (Lipinski definition) is 3. The van der Waals surface area contributed by atoms with Gasteiger partial charge < -0.3 is 4.74 Å². The third-order valence-electron chi connectivity index (χ3n) is 2.56. The third kappa shape index (κ3) is 3.21. The Balaban J connectivity index is 2.51. The standard InChI is InChI=1S/C12H7BrClF3N2O2/c1-21-11(20)7-4-6(2-3-9(7)14)19-5-8(13)10(18-19)12(15,16)17/h2-5H,1H3. The summed E-state index contributed by atoms with van der Waals surface area (Å²) in [7, 11) is 1.18. The molecule has 2 aromatic rings. The zero-order chi connectivity index (χ0) is 15.8. The summed E-state index contributed by atoms with van der Waals surface area (Å²) >= 11 is 8.65. The number of ether oxygens (including phenoxy) is 1. The van der Waals surface area contributed by atoms with Gasteiger partial charge in [-0.25, -0.2) is 9.48 Å². The summed E-state index contributed by atoms with van der Waals surface area (Å²) in [6, 6.07) is 4.12. The number of aromatic nitrogens is 2. The quantitative estimate of drug-likeness (QED) is 0.734. The fourth-order valence-corrected chi connectivity index (χ4v) is 2.29. The Morgan fingerprint density at radius 2 is 2.10 bits per heavy atom. The molecule has 1 aromatic carbocycles. The second-order valence-corrected chi connectivity index (χ2v) is 5.19. The molecule has 1 aromatic heterocycles. The van der Waals surface area contributed by atoms with Crippen LogP contribution in [0, 0.1) is 0 Å². The summed E-state index contributed by atoms with van der Waals surface area (Å²) < 4.78 is 43.4. The Hall–Kier alpha value is -1.54. The highest BCUT2D eigenvalue weighted by atomic mass is 79.9. The van der Waals surface area contributed by atoms with E-state index >= 15 is 0 Å². The van der Waals surface area contributed by atoms with Gasteiger partial charge in [-0.3, -0.25) is 0 Å². The molecule has 0 aliphatic carbocycles. The molecule has 0 unspecified atom stereocenters. The highest BCUT2D eigenvalue weighted by Gasteiger charge is 2.36. The lowest BCUT2D eigenvalue weighted by Crippen LogP contribution is -2.08. The van der Waals surface area contributed by atoms with Crippen molar-refractivity contribution < 1.29 is 22.7 Å². The first-order valence-corrected chi connectivity index (χ1v) is 6.61. The molecule has 0 saturated carbocycles. The van der Waals surface area contributed by atoms with Crippen molar-refractivity contribution >= 4 is 33.5 Å². The first kappa shape index (κ1) is 15.8. The highest BCUT2D eigenvalue weighted by Crippen LogP contribution is 2.34. The lowest BCUT2D eigenvalue weighted by molar-refractivity contribution is -0.141. The van der Waals surface area contributed by atoms with Gasteiger partial charge in [-0.15, -0.1) is 0 Å². The minimum atomic E-state index is -4.58. The first-order valence-electron chi connectivity index (χ1n) is 5.44. The Morgan fingerprint density at radius 3 is 2.62 bits per heavy atom. The lowest BCUT2D eigenvalue weighted by Gasteiger charge is -2.06. The van der Waals surface area contributed by atoms with E-state index in [1.807, 2.05) is 0 Å². The molecule has 21 heavy (non-hydrogen) atoms. The third-order valence-corrected chi connectivity index (χ3v) is 3.47. The van der Waals surface area contributed by atoms with E-state index in [9.17, 15) is 18.0 Å². The van der Waals surface area contributed by atoms with Crippen LogP contribution in [-0.4, -0.2) is 22.9 Å². The maximum absolute atomic E-state index is 12.7. The molecule has 0 amide bonds. The van der Waals surface area contributed by atoms with Gasteiger partial charge in [-0.1, -0.05) is 11.6 Å². The number of benzene rings is 1. The van der Waals surface area contributed by atoms with Gasteiger partial charge in [-0.05, 0) is 34.1 Å². The first-order chi connectivity index (χ1) is 9.74. The Morgan fingerprint density at radius 1 is 1.43 bits per heavy atom. The van der Waals surface area contributed by atoms with Crippen molar-refractivity contribution in [3.05, 3.63) is 45.1 Å². The minimum Gasteiger partial charge on any atom is -0.465 e. The fraction of sp³-hybridized carbons (Fsp3) is 0.167. The van der Waals surface area contributed by atoms with E-state index < -0.39 is 17.8 Å². The number of hydrogen-bond donors (Lipinski definition) is 0. The van der Waals surface area contributed by atoms with E-state index in [0.717, 1.165) is 10.9 Å². The molecule has 9 heteroatoms. The zero-order valence-corrected chi connectivity index (χ0v) is 12.8. The van der Waals surface area contributed by atoms with Gasteiger partial charge in [-0.2, -0.15) is 18.3 Å². The van der Waals surface area contributed by atoms with Crippen LogP contribution in [0.25, 0.3) is 5.69 Å². The number of esters is 1. The van der Waals surface area contributed by atoms with Crippen LogP contribution in [0.5, 0.6) is 0 Å².